The Balaban J connectivity index is 2.76. The highest BCUT2D eigenvalue weighted by Gasteiger charge is 2.28. The number of hydrogen-bond acceptors (Lipinski definition) is 1. The third-order valence-corrected chi connectivity index (χ3v) is 3.83. The van der Waals surface area contributed by atoms with Crippen LogP contribution >= 0.6 is 0 Å². The molecule has 1 aromatic rings. The molecule has 0 spiro atoms. The highest BCUT2D eigenvalue weighted by atomic mass is 16.3. The number of benzene rings is 1. The Kier molecular flexibility index (Phi) is 4.01. The molecule has 0 heterocycles. The molecular weight excluding hydrogens is 196 g/mol. The second kappa shape index (κ2) is 4.90. The Morgan fingerprint density at radius 3 is 2.00 bits per heavy atom. The fraction of sp³-hybridized carbons (Fsp3) is 0.600. The highest BCUT2D eigenvalue weighted by molar-refractivity contribution is 5.26. The highest BCUT2D eigenvalue weighted by Crippen LogP contribution is 2.35. The van der Waals surface area contributed by atoms with Crippen molar-refractivity contribution < 1.29 is 5.11 Å². The molecule has 0 aliphatic rings. The SMILES string of the molecule is CC(C)C(C)C(C)(C)Cc1ccc(O)cc1. The monoisotopic (exact) mass is 220 g/mol. The van der Waals surface area contributed by atoms with Gasteiger partial charge in [0.05, 0.1) is 0 Å². The standard InChI is InChI=1S/C15H24O/c1-11(2)12(3)15(4,5)10-13-6-8-14(16)9-7-13/h6-9,11-12,16H,10H2,1-5H3. The molecule has 0 saturated carbocycles. The van der Waals surface area contributed by atoms with E-state index in [9.17, 15) is 5.11 Å². The Morgan fingerprint density at radius 1 is 1.06 bits per heavy atom. The van der Waals surface area contributed by atoms with Crippen LogP contribution in [-0.4, -0.2) is 5.11 Å². The molecule has 0 bridgehead atoms. The van der Waals surface area contributed by atoms with Crippen LogP contribution in [0.2, 0.25) is 0 Å². The molecule has 1 rings (SSSR count). The van der Waals surface area contributed by atoms with Crippen LogP contribution in [0.15, 0.2) is 24.3 Å². The van der Waals surface area contributed by atoms with Crippen LogP contribution in [0, 0.1) is 17.3 Å². The molecule has 0 aliphatic carbocycles. The van der Waals surface area contributed by atoms with Crippen LogP contribution in [0.1, 0.15) is 40.2 Å². The number of aromatic hydroxyl groups is 1. The number of phenols is 1. The molecule has 16 heavy (non-hydrogen) atoms. The minimum Gasteiger partial charge on any atom is -0.508 e. The zero-order chi connectivity index (χ0) is 12.3. The second-order valence-electron chi connectivity index (χ2n) is 5.86. The summed E-state index contributed by atoms with van der Waals surface area (Å²) in [7, 11) is 0. The van der Waals surface area contributed by atoms with Gasteiger partial charge in [-0.3, -0.25) is 0 Å². The van der Waals surface area contributed by atoms with Crippen molar-refractivity contribution in [2.45, 2.75) is 41.0 Å². The van der Waals surface area contributed by atoms with Crippen LogP contribution < -0.4 is 0 Å². The normalized spacial score (nSPS) is 14.1. The fourth-order valence-electron chi connectivity index (χ4n) is 2.20. The minimum atomic E-state index is 0.297. The van der Waals surface area contributed by atoms with Gasteiger partial charge in [-0.15, -0.1) is 0 Å². The van der Waals surface area contributed by atoms with Gasteiger partial charge in [-0.2, -0.15) is 0 Å². The Morgan fingerprint density at radius 2 is 1.56 bits per heavy atom. The summed E-state index contributed by atoms with van der Waals surface area (Å²) in [6.45, 7) is 11.5. The molecule has 90 valence electrons. The summed E-state index contributed by atoms with van der Waals surface area (Å²) in [5.41, 5.74) is 1.60. The van der Waals surface area contributed by atoms with E-state index in [-0.39, 0.29) is 0 Å². The summed E-state index contributed by atoms with van der Waals surface area (Å²) in [5.74, 6) is 1.73. The van der Waals surface area contributed by atoms with E-state index >= 15 is 0 Å². The van der Waals surface area contributed by atoms with Crippen LogP contribution in [-0.2, 0) is 6.42 Å². The largest absolute Gasteiger partial charge is 0.508 e. The van der Waals surface area contributed by atoms with Gasteiger partial charge in [0.25, 0.3) is 0 Å². The zero-order valence-corrected chi connectivity index (χ0v) is 11.1. The van der Waals surface area contributed by atoms with Crippen molar-refractivity contribution in [2.24, 2.45) is 17.3 Å². The zero-order valence-electron chi connectivity index (χ0n) is 11.1. The first-order chi connectivity index (χ1) is 7.33. The molecule has 1 atom stereocenters. The lowest BCUT2D eigenvalue weighted by atomic mass is 9.71. The molecule has 1 nitrogen and oxygen atoms in total. The first-order valence-electron chi connectivity index (χ1n) is 6.11. The maximum Gasteiger partial charge on any atom is 0.115 e. The third-order valence-electron chi connectivity index (χ3n) is 3.83. The van der Waals surface area contributed by atoms with Crippen molar-refractivity contribution in [1.29, 1.82) is 0 Å². The molecule has 0 radical (unpaired) electrons. The van der Waals surface area contributed by atoms with Gasteiger partial charge >= 0.3 is 0 Å². The van der Waals surface area contributed by atoms with Crippen molar-refractivity contribution >= 4 is 0 Å². The Labute approximate surface area is 99.5 Å². The molecule has 0 amide bonds. The predicted octanol–water partition coefficient (Wildman–Crippen LogP) is 4.25. The van der Waals surface area contributed by atoms with Crippen molar-refractivity contribution in [3.8, 4) is 5.75 Å². The van der Waals surface area contributed by atoms with Crippen molar-refractivity contribution in [1.82, 2.24) is 0 Å². The van der Waals surface area contributed by atoms with Crippen LogP contribution in [0.25, 0.3) is 0 Å². The van der Waals surface area contributed by atoms with Gasteiger partial charge in [0.2, 0.25) is 0 Å². The molecule has 1 heteroatoms. The first kappa shape index (κ1) is 13.1. The van der Waals surface area contributed by atoms with Crippen LogP contribution in [0.4, 0.5) is 0 Å². The summed E-state index contributed by atoms with van der Waals surface area (Å²) in [6, 6.07) is 7.57. The third kappa shape index (κ3) is 3.26. The predicted molar refractivity (Wildman–Crippen MR) is 69.6 cm³/mol. The Hall–Kier alpha value is -0.980. The lowest BCUT2D eigenvalue weighted by molar-refractivity contribution is 0.174. The smallest absolute Gasteiger partial charge is 0.115 e. The number of hydrogen-bond donors (Lipinski definition) is 1. The molecule has 0 saturated heterocycles. The average Bonchev–Trinajstić information content (AvgIpc) is 2.20. The quantitative estimate of drug-likeness (QED) is 0.804. The van der Waals surface area contributed by atoms with Gasteiger partial charge in [-0.25, -0.2) is 0 Å². The summed E-state index contributed by atoms with van der Waals surface area (Å²) in [6.07, 6.45) is 1.06. The first-order valence-corrected chi connectivity index (χ1v) is 6.11. The van der Waals surface area contributed by atoms with E-state index in [1.165, 1.54) is 5.56 Å². The maximum absolute atomic E-state index is 9.25. The van der Waals surface area contributed by atoms with Gasteiger partial charge in [0.1, 0.15) is 5.75 Å². The molecule has 0 aromatic heterocycles. The summed E-state index contributed by atoms with van der Waals surface area (Å²) < 4.78 is 0. The summed E-state index contributed by atoms with van der Waals surface area (Å²) in [4.78, 5) is 0. The van der Waals surface area contributed by atoms with Gasteiger partial charge in [-0.05, 0) is 41.4 Å². The molecular formula is C15H24O. The summed E-state index contributed by atoms with van der Waals surface area (Å²) >= 11 is 0. The van der Waals surface area contributed by atoms with Crippen LogP contribution in [0.3, 0.4) is 0 Å². The maximum atomic E-state index is 9.25. The van der Waals surface area contributed by atoms with E-state index in [1.807, 2.05) is 12.1 Å². The second-order valence-corrected chi connectivity index (χ2v) is 5.86. The van der Waals surface area contributed by atoms with Crippen molar-refractivity contribution in [3.63, 3.8) is 0 Å². The van der Waals surface area contributed by atoms with E-state index in [1.54, 1.807) is 12.1 Å². The fourth-order valence-corrected chi connectivity index (χ4v) is 2.20. The van der Waals surface area contributed by atoms with Gasteiger partial charge in [0.15, 0.2) is 0 Å². The number of phenolic OH excluding ortho intramolecular Hbond substituents is 1. The molecule has 1 aromatic carbocycles. The van der Waals surface area contributed by atoms with E-state index in [2.05, 4.69) is 34.6 Å². The van der Waals surface area contributed by atoms with E-state index in [4.69, 9.17) is 0 Å². The lowest BCUT2D eigenvalue weighted by Crippen LogP contribution is -2.28. The van der Waals surface area contributed by atoms with Gasteiger partial charge in [-0.1, -0.05) is 46.8 Å². The van der Waals surface area contributed by atoms with Crippen molar-refractivity contribution in [3.05, 3.63) is 29.8 Å². The van der Waals surface area contributed by atoms with E-state index in [0.717, 1.165) is 6.42 Å². The minimum absolute atomic E-state index is 0.297. The molecule has 1 unspecified atom stereocenters. The van der Waals surface area contributed by atoms with Crippen LogP contribution in [0.5, 0.6) is 5.75 Å². The topological polar surface area (TPSA) is 20.2 Å². The van der Waals surface area contributed by atoms with E-state index < -0.39 is 0 Å². The van der Waals surface area contributed by atoms with Crippen molar-refractivity contribution in [2.75, 3.05) is 0 Å². The number of rotatable bonds is 4. The summed E-state index contributed by atoms with van der Waals surface area (Å²) in [5, 5.41) is 9.25. The van der Waals surface area contributed by atoms with Gasteiger partial charge < -0.3 is 5.11 Å². The van der Waals surface area contributed by atoms with Gasteiger partial charge in [0, 0.05) is 0 Å². The molecule has 1 N–H and O–H groups in total. The molecule has 0 aliphatic heterocycles. The van der Waals surface area contributed by atoms with E-state index in [0.29, 0.717) is 23.0 Å². The lowest BCUT2D eigenvalue weighted by Gasteiger charge is -2.35. The molecule has 0 fully saturated rings. The average molecular weight is 220 g/mol. The Bertz CT molecular complexity index is 322.